The van der Waals surface area contributed by atoms with Crippen molar-refractivity contribution in [1.29, 1.82) is 0 Å². The van der Waals surface area contributed by atoms with Gasteiger partial charge in [0.25, 0.3) is 5.69 Å². The Morgan fingerprint density at radius 2 is 2.06 bits per heavy atom. The summed E-state index contributed by atoms with van der Waals surface area (Å²) >= 11 is 1.38. The van der Waals surface area contributed by atoms with E-state index in [0.717, 1.165) is 34.9 Å². The van der Waals surface area contributed by atoms with Crippen molar-refractivity contribution in [2.24, 2.45) is 5.10 Å². The number of rotatable bonds is 9. The van der Waals surface area contributed by atoms with Crippen molar-refractivity contribution in [3.8, 4) is 17.0 Å². The highest BCUT2D eigenvalue weighted by molar-refractivity contribution is 7.14. The minimum absolute atomic E-state index is 0.0367. The summed E-state index contributed by atoms with van der Waals surface area (Å²) < 4.78 is 5.99. The van der Waals surface area contributed by atoms with Gasteiger partial charge in [0, 0.05) is 28.6 Å². The molecule has 0 fully saturated rings. The molecule has 1 heterocycles. The molecule has 32 heavy (non-hydrogen) atoms. The van der Waals surface area contributed by atoms with Gasteiger partial charge in [-0.3, -0.25) is 15.5 Å². The Labute approximate surface area is 189 Å². The second-order valence-electron chi connectivity index (χ2n) is 7.12. The molecule has 7 nitrogen and oxygen atoms in total. The molecule has 0 aliphatic carbocycles. The van der Waals surface area contributed by atoms with Crippen LogP contribution in [0.3, 0.4) is 0 Å². The Balaban J connectivity index is 1.55. The standard InChI is InChI=1S/C24H22N4O3S/c1-2-3-13-31-23-12-11-17-7-4-5-10-20(17)21(23)15-25-27-24-26-22(16-32-24)18-8-6-9-19(14-18)28(29)30/h4-12,14-16H,2-3,13H2,1H3,(H,26,27)/b25-15+. The Morgan fingerprint density at radius 3 is 2.91 bits per heavy atom. The quantitative estimate of drug-likeness (QED) is 0.137. The molecule has 0 atom stereocenters. The summed E-state index contributed by atoms with van der Waals surface area (Å²) in [5.41, 5.74) is 5.25. The van der Waals surface area contributed by atoms with E-state index in [-0.39, 0.29) is 5.69 Å². The third kappa shape index (κ3) is 4.92. The number of nitro benzene ring substituents is 1. The molecule has 4 aromatic rings. The normalized spacial score (nSPS) is 11.2. The maximum absolute atomic E-state index is 11.0. The van der Waals surface area contributed by atoms with Crippen molar-refractivity contribution < 1.29 is 9.66 Å². The molecular weight excluding hydrogens is 424 g/mol. The number of hydrogen-bond donors (Lipinski definition) is 1. The van der Waals surface area contributed by atoms with Gasteiger partial charge in [-0.05, 0) is 23.3 Å². The van der Waals surface area contributed by atoms with Crippen LogP contribution < -0.4 is 10.2 Å². The van der Waals surface area contributed by atoms with Gasteiger partial charge in [0.2, 0.25) is 5.13 Å². The SMILES string of the molecule is CCCCOc1ccc2ccccc2c1/C=N/Nc1nc(-c2cccc([N+](=O)[O-])c2)cs1. The number of benzene rings is 3. The fourth-order valence-electron chi connectivity index (χ4n) is 3.25. The Hall–Kier alpha value is -3.78. The molecule has 162 valence electrons. The Morgan fingerprint density at radius 1 is 1.19 bits per heavy atom. The van der Waals surface area contributed by atoms with Crippen molar-refractivity contribution in [3.63, 3.8) is 0 Å². The van der Waals surface area contributed by atoms with Gasteiger partial charge in [-0.15, -0.1) is 11.3 Å². The fraction of sp³-hybridized carbons (Fsp3) is 0.167. The van der Waals surface area contributed by atoms with Crippen LogP contribution in [0.1, 0.15) is 25.3 Å². The lowest BCUT2D eigenvalue weighted by Crippen LogP contribution is -2.01. The molecule has 0 unspecified atom stereocenters. The first-order valence-electron chi connectivity index (χ1n) is 10.3. The van der Waals surface area contributed by atoms with Crippen LogP contribution in [0.2, 0.25) is 0 Å². The van der Waals surface area contributed by atoms with Gasteiger partial charge in [-0.1, -0.05) is 55.8 Å². The summed E-state index contributed by atoms with van der Waals surface area (Å²) in [6, 6.07) is 18.6. The van der Waals surface area contributed by atoms with Gasteiger partial charge >= 0.3 is 0 Å². The highest BCUT2D eigenvalue weighted by Gasteiger charge is 2.10. The molecule has 1 N–H and O–H groups in total. The van der Waals surface area contributed by atoms with Gasteiger partial charge in [0.1, 0.15) is 5.75 Å². The average Bonchev–Trinajstić information content (AvgIpc) is 3.29. The molecule has 0 aliphatic heterocycles. The molecule has 0 aliphatic rings. The third-order valence-corrected chi connectivity index (χ3v) is 5.64. The van der Waals surface area contributed by atoms with E-state index in [2.05, 4.69) is 28.5 Å². The van der Waals surface area contributed by atoms with E-state index in [1.165, 1.54) is 23.5 Å². The number of aromatic nitrogens is 1. The van der Waals surface area contributed by atoms with E-state index >= 15 is 0 Å². The van der Waals surface area contributed by atoms with Crippen LogP contribution in [-0.2, 0) is 0 Å². The highest BCUT2D eigenvalue weighted by Crippen LogP contribution is 2.29. The number of fused-ring (bicyclic) bond motifs is 1. The number of hydrogen-bond acceptors (Lipinski definition) is 7. The zero-order chi connectivity index (χ0) is 22.3. The number of hydrazone groups is 1. The smallest absolute Gasteiger partial charge is 0.270 e. The molecule has 4 rings (SSSR count). The molecule has 0 saturated carbocycles. The van der Waals surface area contributed by atoms with Crippen LogP contribution in [0.4, 0.5) is 10.8 Å². The van der Waals surface area contributed by atoms with Crippen molar-refractivity contribution in [1.82, 2.24) is 4.98 Å². The number of thiazole rings is 1. The summed E-state index contributed by atoms with van der Waals surface area (Å²) in [5, 5.41) is 20.0. The number of nitrogens with zero attached hydrogens (tertiary/aromatic N) is 3. The van der Waals surface area contributed by atoms with E-state index in [0.29, 0.717) is 23.0 Å². The largest absolute Gasteiger partial charge is 0.493 e. The molecule has 3 aromatic carbocycles. The number of nitrogens with one attached hydrogen (secondary N) is 1. The van der Waals surface area contributed by atoms with E-state index in [1.54, 1.807) is 18.3 Å². The lowest BCUT2D eigenvalue weighted by atomic mass is 10.0. The van der Waals surface area contributed by atoms with E-state index in [1.807, 2.05) is 35.7 Å². The second-order valence-corrected chi connectivity index (χ2v) is 7.97. The number of unbranched alkanes of at least 4 members (excludes halogenated alkanes) is 1. The lowest BCUT2D eigenvalue weighted by Gasteiger charge is -2.11. The molecule has 0 bridgehead atoms. The summed E-state index contributed by atoms with van der Waals surface area (Å²) in [6.07, 6.45) is 3.80. The monoisotopic (exact) mass is 446 g/mol. The molecule has 1 aromatic heterocycles. The lowest BCUT2D eigenvalue weighted by molar-refractivity contribution is -0.384. The number of ether oxygens (including phenoxy) is 1. The predicted octanol–water partition coefficient (Wildman–Crippen LogP) is 6.50. The van der Waals surface area contributed by atoms with E-state index in [4.69, 9.17) is 4.74 Å². The second kappa shape index (κ2) is 10.0. The summed E-state index contributed by atoms with van der Waals surface area (Å²) in [7, 11) is 0. The first kappa shape index (κ1) is 21.5. The zero-order valence-corrected chi connectivity index (χ0v) is 18.3. The first-order valence-corrected chi connectivity index (χ1v) is 11.2. The van der Waals surface area contributed by atoms with E-state index < -0.39 is 4.92 Å². The highest BCUT2D eigenvalue weighted by atomic mass is 32.1. The minimum Gasteiger partial charge on any atom is -0.493 e. The molecule has 0 saturated heterocycles. The van der Waals surface area contributed by atoms with Crippen LogP contribution in [0.25, 0.3) is 22.0 Å². The summed E-state index contributed by atoms with van der Waals surface area (Å²) in [4.78, 5) is 15.1. The Kier molecular flexibility index (Phi) is 6.72. The van der Waals surface area contributed by atoms with E-state index in [9.17, 15) is 10.1 Å². The zero-order valence-electron chi connectivity index (χ0n) is 17.5. The summed E-state index contributed by atoms with van der Waals surface area (Å²) in [6.45, 7) is 2.79. The van der Waals surface area contributed by atoms with Crippen LogP contribution >= 0.6 is 11.3 Å². The molecular formula is C24H22N4O3S. The predicted molar refractivity (Wildman–Crippen MR) is 130 cm³/mol. The molecule has 0 radical (unpaired) electrons. The molecule has 0 amide bonds. The van der Waals surface area contributed by atoms with Gasteiger partial charge < -0.3 is 4.74 Å². The number of nitro groups is 1. The van der Waals surface area contributed by atoms with Gasteiger partial charge in [0.05, 0.1) is 23.4 Å². The first-order chi connectivity index (χ1) is 15.7. The van der Waals surface area contributed by atoms with Crippen molar-refractivity contribution >= 4 is 39.1 Å². The molecule has 0 spiro atoms. The van der Waals surface area contributed by atoms with Crippen LogP contribution in [0.15, 0.2) is 71.1 Å². The topological polar surface area (TPSA) is 89.7 Å². The third-order valence-electron chi connectivity index (χ3n) is 4.90. The van der Waals surface area contributed by atoms with Crippen LogP contribution in [0, 0.1) is 10.1 Å². The van der Waals surface area contributed by atoms with Crippen molar-refractivity contribution in [3.05, 3.63) is 81.7 Å². The van der Waals surface area contributed by atoms with Gasteiger partial charge in [-0.25, -0.2) is 4.98 Å². The summed E-state index contributed by atoms with van der Waals surface area (Å²) in [5.74, 6) is 0.791. The van der Waals surface area contributed by atoms with Crippen LogP contribution in [-0.4, -0.2) is 22.7 Å². The molecule has 8 heteroatoms. The average molecular weight is 447 g/mol. The van der Waals surface area contributed by atoms with Gasteiger partial charge in [0.15, 0.2) is 0 Å². The Bertz CT molecular complexity index is 1270. The number of non-ortho nitro benzene ring substituents is 1. The van der Waals surface area contributed by atoms with Gasteiger partial charge in [-0.2, -0.15) is 5.10 Å². The minimum atomic E-state index is -0.413. The van der Waals surface area contributed by atoms with Crippen LogP contribution in [0.5, 0.6) is 5.75 Å². The van der Waals surface area contributed by atoms with Crippen molar-refractivity contribution in [2.75, 3.05) is 12.0 Å². The fourth-order valence-corrected chi connectivity index (χ4v) is 3.92. The maximum Gasteiger partial charge on any atom is 0.270 e. The maximum atomic E-state index is 11.0. The number of anilines is 1. The van der Waals surface area contributed by atoms with Crippen molar-refractivity contribution in [2.45, 2.75) is 19.8 Å².